The van der Waals surface area contributed by atoms with E-state index in [0.29, 0.717) is 24.3 Å². The molecule has 2 saturated heterocycles. The summed E-state index contributed by atoms with van der Waals surface area (Å²) in [6.07, 6.45) is 5.46. The Bertz CT molecular complexity index is 198. The van der Waals surface area contributed by atoms with Crippen molar-refractivity contribution in [3.63, 3.8) is 0 Å². The summed E-state index contributed by atoms with van der Waals surface area (Å²) in [5.74, 6) is 0. The smallest absolute Gasteiger partial charge is 0.0700 e. The molecule has 0 aromatic rings. The summed E-state index contributed by atoms with van der Waals surface area (Å²) >= 11 is 0. The van der Waals surface area contributed by atoms with Gasteiger partial charge in [0.25, 0.3) is 0 Å². The molecule has 2 rings (SSSR count). The normalized spacial score (nSPS) is 42.0. The molecule has 0 aliphatic carbocycles. The Kier molecular flexibility index (Phi) is 4.00. The minimum atomic E-state index is 0.382. The summed E-state index contributed by atoms with van der Waals surface area (Å²) in [5, 5.41) is 3.73. The fourth-order valence-electron chi connectivity index (χ4n) is 2.57. The van der Waals surface area contributed by atoms with Crippen LogP contribution in [0.3, 0.4) is 0 Å². The molecule has 2 heterocycles. The van der Waals surface area contributed by atoms with Crippen LogP contribution in [0.5, 0.6) is 0 Å². The van der Waals surface area contributed by atoms with E-state index in [1.54, 1.807) is 0 Å². The molecule has 15 heavy (non-hydrogen) atoms. The molecule has 0 aromatic heterocycles. The van der Waals surface area contributed by atoms with Gasteiger partial charge < -0.3 is 14.8 Å². The fraction of sp³-hybridized carbons (Fsp3) is 1.00. The first-order valence-corrected chi connectivity index (χ1v) is 6.29. The average Bonchev–Trinajstić information content (AvgIpc) is 2.65. The van der Waals surface area contributed by atoms with Gasteiger partial charge in [0.15, 0.2) is 0 Å². The molecule has 0 amide bonds. The van der Waals surface area contributed by atoms with Crippen molar-refractivity contribution in [3.05, 3.63) is 0 Å². The Morgan fingerprint density at radius 2 is 2.00 bits per heavy atom. The lowest BCUT2D eigenvalue weighted by Gasteiger charge is -2.32. The third-order valence-electron chi connectivity index (χ3n) is 3.65. The fourth-order valence-corrected chi connectivity index (χ4v) is 2.57. The number of nitrogens with one attached hydrogen (secondary N) is 1. The maximum absolute atomic E-state index is 5.68. The summed E-state index contributed by atoms with van der Waals surface area (Å²) in [6.45, 7) is 6.20. The van der Waals surface area contributed by atoms with Crippen molar-refractivity contribution in [2.24, 2.45) is 0 Å². The van der Waals surface area contributed by atoms with Gasteiger partial charge >= 0.3 is 0 Å². The number of hydrogen-bond acceptors (Lipinski definition) is 3. The zero-order valence-corrected chi connectivity index (χ0v) is 9.87. The summed E-state index contributed by atoms with van der Waals surface area (Å²) in [5.41, 5.74) is 0. The maximum atomic E-state index is 5.68. The first-order chi connectivity index (χ1) is 7.29. The lowest BCUT2D eigenvalue weighted by molar-refractivity contribution is -0.00385. The third kappa shape index (κ3) is 2.92. The first-order valence-electron chi connectivity index (χ1n) is 6.29. The molecule has 0 radical (unpaired) electrons. The second-order valence-electron chi connectivity index (χ2n) is 4.76. The molecule has 0 aromatic carbocycles. The monoisotopic (exact) mass is 213 g/mol. The molecule has 4 unspecified atom stereocenters. The molecule has 0 saturated carbocycles. The molecule has 3 nitrogen and oxygen atoms in total. The Morgan fingerprint density at radius 1 is 1.20 bits per heavy atom. The van der Waals surface area contributed by atoms with Crippen LogP contribution in [0.25, 0.3) is 0 Å². The van der Waals surface area contributed by atoms with E-state index in [1.807, 2.05) is 0 Å². The van der Waals surface area contributed by atoms with E-state index in [1.165, 1.54) is 6.42 Å². The van der Waals surface area contributed by atoms with Crippen LogP contribution in [0.15, 0.2) is 0 Å². The van der Waals surface area contributed by atoms with Crippen LogP contribution < -0.4 is 5.32 Å². The molecule has 4 atom stereocenters. The molecule has 88 valence electrons. The number of ether oxygens (including phenoxy) is 2. The summed E-state index contributed by atoms with van der Waals surface area (Å²) in [7, 11) is 0. The Balaban J connectivity index is 1.78. The van der Waals surface area contributed by atoms with Gasteiger partial charge in [0, 0.05) is 25.3 Å². The molecular formula is C12H23NO2. The van der Waals surface area contributed by atoms with Crippen molar-refractivity contribution in [1.82, 2.24) is 5.32 Å². The minimum absolute atomic E-state index is 0.382. The highest BCUT2D eigenvalue weighted by Crippen LogP contribution is 2.20. The van der Waals surface area contributed by atoms with Crippen molar-refractivity contribution < 1.29 is 9.47 Å². The Labute approximate surface area is 92.5 Å². The standard InChI is InChI=1S/C12H23NO2/c1-3-11-8-10(4-6-15-11)13-12-5-7-14-9(12)2/h9-13H,3-8H2,1-2H3. The second-order valence-corrected chi connectivity index (χ2v) is 4.76. The van der Waals surface area contributed by atoms with E-state index in [-0.39, 0.29) is 0 Å². The molecule has 0 bridgehead atoms. The lowest BCUT2D eigenvalue weighted by Crippen LogP contribution is -2.46. The molecule has 1 N–H and O–H groups in total. The van der Waals surface area contributed by atoms with Crippen molar-refractivity contribution in [2.45, 2.75) is 63.8 Å². The number of hydrogen-bond donors (Lipinski definition) is 1. The summed E-state index contributed by atoms with van der Waals surface area (Å²) < 4.78 is 11.2. The highest BCUT2D eigenvalue weighted by Gasteiger charge is 2.29. The van der Waals surface area contributed by atoms with Crippen molar-refractivity contribution in [1.29, 1.82) is 0 Å². The van der Waals surface area contributed by atoms with Crippen molar-refractivity contribution in [2.75, 3.05) is 13.2 Å². The zero-order chi connectivity index (χ0) is 10.7. The molecule has 2 fully saturated rings. The van der Waals surface area contributed by atoms with E-state index >= 15 is 0 Å². The zero-order valence-electron chi connectivity index (χ0n) is 9.87. The summed E-state index contributed by atoms with van der Waals surface area (Å²) in [6, 6.07) is 1.20. The van der Waals surface area contributed by atoms with Crippen LogP contribution in [-0.4, -0.2) is 37.5 Å². The van der Waals surface area contributed by atoms with Gasteiger partial charge in [-0.2, -0.15) is 0 Å². The SMILES string of the molecule is CCC1CC(NC2CCOC2C)CCO1. The summed E-state index contributed by atoms with van der Waals surface area (Å²) in [4.78, 5) is 0. The van der Waals surface area contributed by atoms with Crippen LogP contribution in [0.4, 0.5) is 0 Å². The topological polar surface area (TPSA) is 30.5 Å². The van der Waals surface area contributed by atoms with Gasteiger partial charge in [-0.3, -0.25) is 0 Å². The van der Waals surface area contributed by atoms with Crippen LogP contribution in [0.1, 0.15) is 39.5 Å². The van der Waals surface area contributed by atoms with E-state index < -0.39 is 0 Å². The van der Waals surface area contributed by atoms with Crippen molar-refractivity contribution >= 4 is 0 Å². The van der Waals surface area contributed by atoms with Gasteiger partial charge in [-0.15, -0.1) is 0 Å². The average molecular weight is 213 g/mol. The molecular weight excluding hydrogens is 190 g/mol. The first kappa shape index (κ1) is 11.4. The van der Waals surface area contributed by atoms with Gasteiger partial charge in [-0.1, -0.05) is 6.92 Å². The van der Waals surface area contributed by atoms with Crippen LogP contribution >= 0.6 is 0 Å². The Hall–Kier alpha value is -0.120. The molecule has 2 aliphatic rings. The minimum Gasteiger partial charge on any atom is -0.378 e. The number of rotatable bonds is 3. The maximum Gasteiger partial charge on any atom is 0.0700 e. The van der Waals surface area contributed by atoms with E-state index in [0.717, 1.165) is 32.5 Å². The van der Waals surface area contributed by atoms with Gasteiger partial charge in [-0.25, -0.2) is 0 Å². The molecule has 3 heteroatoms. The lowest BCUT2D eigenvalue weighted by atomic mass is 9.99. The van der Waals surface area contributed by atoms with Crippen LogP contribution in [0.2, 0.25) is 0 Å². The largest absolute Gasteiger partial charge is 0.378 e. The second kappa shape index (κ2) is 5.28. The van der Waals surface area contributed by atoms with E-state index in [9.17, 15) is 0 Å². The highest BCUT2D eigenvalue weighted by molar-refractivity contribution is 4.85. The predicted molar refractivity (Wildman–Crippen MR) is 60.0 cm³/mol. The van der Waals surface area contributed by atoms with Crippen LogP contribution in [-0.2, 0) is 9.47 Å². The van der Waals surface area contributed by atoms with Gasteiger partial charge in [0.05, 0.1) is 12.2 Å². The van der Waals surface area contributed by atoms with E-state index in [2.05, 4.69) is 19.2 Å². The molecule has 2 aliphatic heterocycles. The van der Waals surface area contributed by atoms with Gasteiger partial charge in [0.2, 0.25) is 0 Å². The quantitative estimate of drug-likeness (QED) is 0.774. The van der Waals surface area contributed by atoms with E-state index in [4.69, 9.17) is 9.47 Å². The van der Waals surface area contributed by atoms with Crippen molar-refractivity contribution in [3.8, 4) is 0 Å². The third-order valence-corrected chi connectivity index (χ3v) is 3.65. The molecule has 0 spiro atoms. The van der Waals surface area contributed by atoms with Gasteiger partial charge in [-0.05, 0) is 32.6 Å². The predicted octanol–water partition coefficient (Wildman–Crippen LogP) is 1.71. The highest BCUT2D eigenvalue weighted by atomic mass is 16.5. The Morgan fingerprint density at radius 3 is 2.67 bits per heavy atom. The van der Waals surface area contributed by atoms with Crippen LogP contribution in [0, 0.1) is 0 Å². The van der Waals surface area contributed by atoms with Gasteiger partial charge in [0.1, 0.15) is 0 Å².